The summed E-state index contributed by atoms with van der Waals surface area (Å²) in [6, 6.07) is 10.6. The molecule has 1 aliphatic rings. The van der Waals surface area contributed by atoms with E-state index in [2.05, 4.69) is 16.4 Å². The lowest BCUT2D eigenvalue weighted by molar-refractivity contribution is 0.0845. The number of rotatable bonds is 5. The molecule has 0 atom stereocenters. The van der Waals surface area contributed by atoms with Gasteiger partial charge in [0.2, 0.25) is 0 Å². The number of benzene rings is 1. The Balaban J connectivity index is 1.50. The molecule has 7 nitrogen and oxygen atoms in total. The maximum absolute atomic E-state index is 12.6. The van der Waals surface area contributed by atoms with E-state index >= 15 is 0 Å². The molecule has 1 aromatic carbocycles. The number of carbonyl (C=O) groups excluding carboxylic acids is 1. The number of nitrogens with one attached hydrogen (secondary N) is 1. The number of hydrogen-bond donors (Lipinski definition) is 1. The van der Waals surface area contributed by atoms with Crippen molar-refractivity contribution in [3.63, 3.8) is 0 Å². The predicted molar refractivity (Wildman–Crippen MR) is 118 cm³/mol. The summed E-state index contributed by atoms with van der Waals surface area (Å²) in [6.45, 7) is 3.45. The molecule has 3 heterocycles. The van der Waals surface area contributed by atoms with Crippen molar-refractivity contribution in [3.8, 4) is 0 Å². The standard InChI is InChI=1S/C23H25N3O4S/c1-15-3-4-17(11-22(15)31(2,28)29)23(27)25-14-19-12-21-18(13-24-19)5-6-20(26-21)16-7-9-30-10-8-16/h3-6,11-13,16H,7-10,14H2,1-2H3,(H,25,27). The molecule has 4 rings (SSSR count). The third-order valence-electron chi connectivity index (χ3n) is 5.57. The number of nitrogens with zero attached hydrogens (tertiary/aromatic N) is 2. The predicted octanol–water partition coefficient (Wildman–Crippen LogP) is 3.17. The number of aromatic nitrogens is 2. The van der Waals surface area contributed by atoms with Gasteiger partial charge in [0, 0.05) is 48.2 Å². The van der Waals surface area contributed by atoms with Gasteiger partial charge < -0.3 is 10.1 Å². The Hall–Kier alpha value is -2.84. The van der Waals surface area contributed by atoms with Crippen molar-refractivity contribution in [2.24, 2.45) is 0 Å². The second-order valence-corrected chi connectivity index (χ2v) is 9.91. The van der Waals surface area contributed by atoms with E-state index < -0.39 is 9.84 Å². The second kappa shape index (κ2) is 8.72. The van der Waals surface area contributed by atoms with E-state index in [-0.39, 0.29) is 17.3 Å². The first-order valence-corrected chi connectivity index (χ1v) is 12.1. The Bertz CT molecular complexity index is 1230. The molecule has 0 spiro atoms. The maximum atomic E-state index is 12.6. The van der Waals surface area contributed by atoms with Gasteiger partial charge in [-0.3, -0.25) is 14.8 Å². The normalized spacial score (nSPS) is 15.2. The minimum absolute atomic E-state index is 0.161. The van der Waals surface area contributed by atoms with Crippen molar-refractivity contribution in [1.29, 1.82) is 0 Å². The van der Waals surface area contributed by atoms with E-state index in [0.29, 0.717) is 22.7 Å². The first kappa shape index (κ1) is 21.4. The van der Waals surface area contributed by atoms with Gasteiger partial charge in [-0.15, -0.1) is 0 Å². The SMILES string of the molecule is Cc1ccc(C(=O)NCc2cc3nc(C4CCOCC4)ccc3cn2)cc1S(C)(=O)=O. The van der Waals surface area contributed by atoms with Gasteiger partial charge in [-0.25, -0.2) is 8.42 Å². The molecular weight excluding hydrogens is 414 g/mol. The van der Waals surface area contributed by atoms with E-state index in [1.54, 1.807) is 25.3 Å². The molecular formula is C23H25N3O4S. The molecule has 8 heteroatoms. The fourth-order valence-corrected chi connectivity index (χ4v) is 4.80. The quantitative estimate of drug-likeness (QED) is 0.656. The average Bonchev–Trinajstić information content (AvgIpc) is 2.77. The number of hydrogen-bond acceptors (Lipinski definition) is 6. The molecule has 2 aromatic heterocycles. The molecule has 0 saturated carbocycles. The molecule has 1 saturated heterocycles. The Labute approximate surface area is 181 Å². The van der Waals surface area contributed by atoms with Crippen LogP contribution in [0.1, 0.15) is 46.1 Å². The van der Waals surface area contributed by atoms with Crippen LogP contribution in [0.15, 0.2) is 47.5 Å². The highest BCUT2D eigenvalue weighted by atomic mass is 32.2. The van der Waals surface area contributed by atoms with E-state index in [0.717, 1.165) is 48.9 Å². The van der Waals surface area contributed by atoms with E-state index in [1.165, 1.54) is 6.07 Å². The van der Waals surface area contributed by atoms with Crippen LogP contribution in [0, 0.1) is 6.92 Å². The highest BCUT2D eigenvalue weighted by molar-refractivity contribution is 7.90. The van der Waals surface area contributed by atoms with Crippen molar-refractivity contribution in [3.05, 3.63) is 65.1 Å². The topological polar surface area (TPSA) is 98.2 Å². The van der Waals surface area contributed by atoms with Gasteiger partial charge in [-0.2, -0.15) is 0 Å². The number of fused-ring (bicyclic) bond motifs is 1. The van der Waals surface area contributed by atoms with Crippen LogP contribution in [0.4, 0.5) is 0 Å². The summed E-state index contributed by atoms with van der Waals surface area (Å²) in [6.07, 6.45) is 4.83. The van der Waals surface area contributed by atoms with Gasteiger partial charge in [0.05, 0.1) is 22.7 Å². The van der Waals surface area contributed by atoms with Crippen LogP contribution in [-0.2, 0) is 21.1 Å². The number of sulfone groups is 1. The third-order valence-corrected chi connectivity index (χ3v) is 6.81. The van der Waals surface area contributed by atoms with Crippen molar-refractivity contribution in [1.82, 2.24) is 15.3 Å². The minimum atomic E-state index is -3.40. The molecule has 1 amide bonds. The number of amides is 1. The van der Waals surface area contributed by atoms with Gasteiger partial charge in [-0.05, 0) is 55.7 Å². The molecule has 0 aliphatic carbocycles. The third kappa shape index (κ3) is 4.91. The van der Waals surface area contributed by atoms with Gasteiger partial charge >= 0.3 is 0 Å². The molecule has 162 valence electrons. The van der Waals surface area contributed by atoms with E-state index in [1.807, 2.05) is 12.1 Å². The van der Waals surface area contributed by atoms with Crippen LogP contribution in [-0.4, -0.2) is 43.8 Å². The molecule has 0 radical (unpaired) electrons. The van der Waals surface area contributed by atoms with Crippen LogP contribution in [0.25, 0.3) is 10.9 Å². The van der Waals surface area contributed by atoms with Crippen molar-refractivity contribution in [2.45, 2.75) is 37.1 Å². The van der Waals surface area contributed by atoms with Crippen LogP contribution < -0.4 is 5.32 Å². The number of carbonyl (C=O) groups is 1. The van der Waals surface area contributed by atoms with Gasteiger partial charge in [0.15, 0.2) is 9.84 Å². The lowest BCUT2D eigenvalue weighted by Gasteiger charge is -2.21. The molecule has 31 heavy (non-hydrogen) atoms. The van der Waals surface area contributed by atoms with Crippen LogP contribution in [0.5, 0.6) is 0 Å². The van der Waals surface area contributed by atoms with Crippen molar-refractivity contribution >= 4 is 26.6 Å². The summed E-state index contributed by atoms with van der Waals surface area (Å²) in [5, 5.41) is 3.76. The fourth-order valence-electron chi connectivity index (χ4n) is 3.80. The van der Waals surface area contributed by atoms with E-state index in [9.17, 15) is 13.2 Å². The van der Waals surface area contributed by atoms with Gasteiger partial charge in [-0.1, -0.05) is 6.07 Å². The smallest absolute Gasteiger partial charge is 0.251 e. The summed E-state index contributed by atoms with van der Waals surface area (Å²) in [4.78, 5) is 22.0. The zero-order chi connectivity index (χ0) is 22.0. The second-order valence-electron chi connectivity index (χ2n) is 7.93. The largest absolute Gasteiger partial charge is 0.381 e. The number of ether oxygens (including phenoxy) is 1. The van der Waals surface area contributed by atoms with Gasteiger partial charge in [0.25, 0.3) is 5.91 Å². The Morgan fingerprint density at radius 1 is 1.16 bits per heavy atom. The molecule has 1 aliphatic heterocycles. The van der Waals surface area contributed by atoms with E-state index in [4.69, 9.17) is 9.72 Å². The van der Waals surface area contributed by atoms with Crippen LogP contribution in [0.3, 0.4) is 0 Å². The monoisotopic (exact) mass is 439 g/mol. The Kier molecular flexibility index (Phi) is 6.02. The van der Waals surface area contributed by atoms with Crippen LogP contribution >= 0.6 is 0 Å². The average molecular weight is 440 g/mol. The molecule has 1 fully saturated rings. The number of pyridine rings is 2. The lowest BCUT2D eigenvalue weighted by atomic mass is 9.95. The first-order valence-electron chi connectivity index (χ1n) is 10.2. The summed E-state index contributed by atoms with van der Waals surface area (Å²) >= 11 is 0. The summed E-state index contributed by atoms with van der Waals surface area (Å²) < 4.78 is 29.3. The van der Waals surface area contributed by atoms with Crippen molar-refractivity contribution in [2.75, 3.05) is 19.5 Å². The molecule has 3 aromatic rings. The zero-order valence-corrected chi connectivity index (χ0v) is 18.4. The summed E-state index contributed by atoms with van der Waals surface area (Å²) in [5.41, 5.74) is 3.50. The summed E-state index contributed by atoms with van der Waals surface area (Å²) in [7, 11) is -3.40. The fraction of sp³-hybridized carbons (Fsp3) is 0.348. The lowest BCUT2D eigenvalue weighted by Crippen LogP contribution is -2.23. The Morgan fingerprint density at radius 3 is 2.68 bits per heavy atom. The first-order chi connectivity index (χ1) is 14.8. The minimum Gasteiger partial charge on any atom is -0.381 e. The van der Waals surface area contributed by atoms with Crippen LogP contribution in [0.2, 0.25) is 0 Å². The Morgan fingerprint density at radius 2 is 1.94 bits per heavy atom. The zero-order valence-electron chi connectivity index (χ0n) is 17.6. The van der Waals surface area contributed by atoms with Crippen molar-refractivity contribution < 1.29 is 17.9 Å². The molecule has 0 bridgehead atoms. The number of aryl methyl sites for hydroxylation is 1. The highest BCUT2D eigenvalue weighted by Crippen LogP contribution is 2.27. The van der Waals surface area contributed by atoms with Gasteiger partial charge in [0.1, 0.15) is 0 Å². The molecule has 0 unspecified atom stereocenters. The highest BCUT2D eigenvalue weighted by Gasteiger charge is 2.18. The summed E-state index contributed by atoms with van der Waals surface area (Å²) in [5.74, 6) is 0.0516. The molecule has 1 N–H and O–H groups in total. The maximum Gasteiger partial charge on any atom is 0.251 e.